The van der Waals surface area contributed by atoms with Crippen molar-refractivity contribution in [2.75, 3.05) is 0 Å². The minimum Gasteiger partial charge on any atom is -0.458 e. The van der Waals surface area contributed by atoms with Gasteiger partial charge in [-0.15, -0.1) is 0 Å². The van der Waals surface area contributed by atoms with E-state index in [0.717, 1.165) is 19.3 Å². The summed E-state index contributed by atoms with van der Waals surface area (Å²) in [5.74, 6) is -0.0886. The minimum absolute atomic E-state index is 0.0886. The Kier molecular flexibility index (Phi) is 4.17. The lowest BCUT2D eigenvalue weighted by Crippen LogP contribution is -2.36. The van der Waals surface area contributed by atoms with E-state index in [1.807, 2.05) is 32.9 Å². The molecule has 0 aliphatic heterocycles. The Hall–Kier alpha value is -0.790. The molecule has 16 heavy (non-hydrogen) atoms. The van der Waals surface area contributed by atoms with Crippen LogP contribution in [0.2, 0.25) is 0 Å². The van der Waals surface area contributed by atoms with Crippen LogP contribution in [0.3, 0.4) is 0 Å². The molecule has 0 aromatic carbocycles. The molecule has 1 aliphatic carbocycles. The van der Waals surface area contributed by atoms with E-state index in [4.69, 9.17) is 4.74 Å². The second-order valence-corrected chi connectivity index (χ2v) is 5.35. The van der Waals surface area contributed by atoms with Crippen LogP contribution >= 0.6 is 0 Å². The highest BCUT2D eigenvalue weighted by molar-refractivity contribution is 5.78. The Morgan fingerprint density at radius 3 is 2.38 bits per heavy atom. The van der Waals surface area contributed by atoms with Crippen molar-refractivity contribution in [1.29, 1.82) is 0 Å². The fourth-order valence-corrected chi connectivity index (χ4v) is 2.36. The smallest absolute Gasteiger partial charge is 0.315 e. The van der Waals surface area contributed by atoms with E-state index in [1.54, 1.807) is 0 Å². The molecule has 92 valence electrons. The maximum atomic E-state index is 12.1. The number of hydrogen-bond acceptors (Lipinski definition) is 2. The van der Waals surface area contributed by atoms with Gasteiger partial charge in [-0.2, -0.15) is 0 Å². The first-order valence-electron chi connectivity index (χ1n) is 6.33. The van der Waals surface area contributed by atoms with Gasteiger partial charge in [0, 0.05) is 0 Å². The van der Waals surface area contributed by atoms with E-state index in [1.165, 1.54) is 12.8 Å². The third-order valence-corrected chi connectivity index (χ3v) is 3.58. The Labute approximate surface area is 99.1 Å². The lowest BCUT2D eigenvalue weighted by Gasteiger charge is -2.31. The predicted molar refractivity (Wildman–Crippen MR) is 66.2 cm³/mol. The topological polar surface area (TPSA) is 26.3 Å². The number of allylic oxidation sites excluding steroid dienone is 1. The van der Waals surface area contributed by atoms with Gasteiger partial charge in [-0.3, -0.25) is 4.79 Å². The van der Waals surface area contributed by atoms with E-state index < -0.39 is 5.41 Å². The average Bonchev–Trinajstić information content (AvgIpc) is 2.67. The largest absolute Gasteiger partial charge is 0.458 e. The maximum Gasteiger partial charge on any atom is 0.315 e. The van der Waals surface area contributed by atoms with E-state index in [0.29, 0.717) is 0 Å². The summed E-state index contributed by atoms with van der Waals surface area (Å²) in [5.41, 5.74) is -0.671. The van der Waals surface area contributed by atoms with Crippen molar-refractivity contribution < 1.29 is 9.53 Å². The molecule has 0 atom stereocenters. The molecule has 1 rings (SSSR count). The molecule has 0 bridgehead atoms. The van der Waals surface area contributed by atoms with E-state index in [2.05, 4.69) is 6.92 Å². The SMILES string of the molecule is C/C=C\C(C)(C)C(=O)OC1(CC)CCCC1. The number of esters is 1. The van der Waals surface area contributed by atoms with Gasteiger partial charge in [0.2, 0.25) is 0 Å². The average molecular weight is 224 g/mol. The molecule has 0 spiro atoms. The van der Waals surface area contributed by atoms with Crippen molar-refractivity contribution in [2.24, 2.45) is 5.41 Å². The highest BCUT2D eigenvalue weighted by Crippen LogP contribution is 2.37. The lowest BCUT2D eigenvalue weighted by molar-refractivity contribution is -0.167. The molecule has 2 heteroatoms. The molecule has 0 N–H and O–H groups in total. The maximum absolute atomic E-state index is 12.1. The summed E-state index contributed by atoms with van der Waals surface area (Å²) in [7, 11) is 0. The van der Waals surface area contributed by atoms with Gasteiger partial charge < -0.3 is 4.74 Å². The first-order valence-corrected chi connectivity index (χ1v) is 6.33. The standard InChI is InChI=1S/C14H24O2/c1-5-9-13(3,4)12(15)16-14(6-2)10-7-8-11-14/h5,9H,6-8,10-11H2,1-4H3/b9-5-. The summed E-state index contributed by atoms with van der Waals surface area (Å²) in [4.78, 5) is 12.1. The Bertz CT molecular complexity index is 270. The lowest BCUT2D eigenvalue weighted by atomic mass is 9.91. The van der Waals surface area contributed by atoms with E-state index >= 15 is 0 Å². The van der Waals surface area contributed by atoms with Crippen LogP contribution in [0.5, 0.6) is 0 Å². The summed E-state index contributed by atoms with van der Waals surface area (Å²) in [6.07, 6.45) is 9.19. The number of carbonyl (C=O) groups is 1. The van der Waals surface area contributed by atoms with Crippen LogP contribution in [0, 0.1) is 5.41 Å². The molecule has 0 aromatic rings. The Balaban J connectivity index is 2.69. The molecule has 1 aliphatic rings. The second-order valence-electron chi connectivity index (χ2n) is 5.35. The molecule has 1 saturated carbocycles. The molecule has 2 nitrogen and oxygen atoms in total. The van der Waals surface area contributed by atoms with Crippen LogP contribution in [-0.4, -0.2) is 11.6 Å². The predicted octanol–water partition coefficient (Wildman–Crippen LogP) is 3.85. The van der Waals surface area contributed by atoms with Crippen LogP contribution in [0.4, 0.5) is 0 Å². The zero-order valence-electron chi connectivity index (χ0n) is 11.0. The van der Waals surface area contributed by atoms with Gasteiger partial charge in [0.05, 0.1) is 5.41 Å². The van der Waals surface area contributed by atoms with Gasteiger partial charge in [0.1, 0.15) is 5.60 Å². The molecule has 0 heterocycles. The van der Waals surface area contributed by atoms with Crippen LogP contribution in [0.15, 0.2) is 12.2 Å². The van der Waals surface area contributed by atoms with Gasteiger partial charge in [-0.25, -0.2) is 0 Å². The van der Waals surface area contributed by atoms with Crippen molar-refractivity contribution >= 4 is 5.97 Å². The fraction of sp³-hybridized carbons (Fsp3) is 0.786. The molecule has 0 saturated heterocycles. The number of ether oxygens (including phenoxy) is 1. The summed E-state index contributed by atoms with van der Waals surface area (Å²) in [5, 5.41) is 0. The highest BCUT2D eigenvalue weighted by atomic mass is 16.6. The highest BCUT2D eigenvalue weighted by Gasteiger charge is 2.39. The normalized spacial score (nSPS) is 20.2. The van der Waals surface area contributed by atoms with Crippen LogP contribution < -0.4 is 0 Å². The summed E-state index contributed by atoms with van der Waals surface area (Å²) in [6, 6.07) is 0. The third-order valence-electron chi connectivity index (χ3n) is 3.58. The quantitative estimate of drug-likeness (QED) is 0.535. The van der Waals surface area contributed by atoms with Gasteiger partial charge in [-0.05, 0) is 52.9 Å². The minimum atomic E-state index is -0.500. The van der Waals surface area contributed by atoms with Crippen molar-refractivity contribution in [3.05, 3.63) is 12.2 Å². The van der Waals surface area contributed by atoms with Crippen LogP contribution in [0.25, 0.3) is 0 Å². The first kappa shape index (κ1) is 13.3. The molecule has 0 amide bonds. The van der Waals surface area contributed by atoms with Crippen LogP contribution in [-0.2, 0) is 9.53 Å². The first-order chi connectivity index (χ1) is 7.46. The number of rotatable bonds is 4. The monoisotopic (exact) mass is 224 g/mol. The summed E-state index contributed by atoms with van der Waals surface area (Å²) in [6.45, 7) is 7.86. The summed E-state index contributed by atoms with van der Waals surface area (Å²) < 4.78 is 5.78. The van der Waals surface area contributed by atoms with E-state index in [-0.39, 0.29) is 11.6 Å². The third kappa shape index (κ3) is 2.87. The molecule has 1 fully saturated rings. The molecular formula is C14H24O2. The zero-order chi connectivity index (χ0) is 12.2. The summed E-state index contributed by atoms with van der Waals surface area (Å²) >= 11 is 0. The van der Waals surface area contributed by atoms with Gasteiger partial charge in [0.25, 0.3) is 0 Å². The van der Waals surface area contributed by atoms with Crippen LogP contribution in [0.1, 0.15) is 59.8 Å². The Morgan fingerprint density at radius 1 is 1.38 bits per heavy atom. The molecule has 0 aromatic heterocycles. The molecular weight excluding hydrogens is 200 g/mol. The fourth-order valence-electron chi connectivity index (χ4n) is 2.36. The molecule has 0 radical (unpaired) electrons. The van der Waals surface area contributed by atoms with E-state index in [9.17, 15) is 4.79 Å². The second kappa shape index (κ2) is 5.03. The number of carbonyl (C=O) groups excluding carboxylic acids is 1. The number of hydrogen-bond donors (Lipinski definition) is 0. The van der Waals surface area contributed by atoms with Crippen molar-refractivity contribution in [1.82, 2.24) is 0 Å². The van der Waals surface area contributed by atoms with Crippen molar-refractivity contribution in [3.8, 4) is 0 Å². The molecule has 0 unspecified atom stereocenters. The van der Waals surface area contributed by atoms with Crippen molar-refractivity contribution in [3.63, 3.8) is 0 Å². The van der Waals surface area contributed by atoms with Gasteiger partial charge in [0.15, 0.2) is 0 Å². The van der Waals surface area contributed by atoms with Gasteiger partial charge >= 0.3 is 5.97 Å². The van der Waals surface area contributed by atoms with Gasteiger partial charge in [-0.1, -0.05) is 19.1 Å². The van der Waals surface area contributed by atoms with Crippen molar-refractivity contribution in [2.45, 2.75) is 65.4 Å². The zero-order valence-corrected chi connectivity index (χ0v) is 11.0. The Morgan fingerprint density at radius 2 is 1.94 bits per heavy atom.